The molecule has 2 rings (SSSR count). The van der Waals surface area contributed by atoms with Gasteiger partial charge in [0, 0.05) is 26.8 Å². The number of amides is 1. The Bertz CT molecular complexity index is 781. The molecule has 0 aliphatic carbocycles. The van der Waals surface area contributed by atoms with Crippen LogP contribution in [0.1, 0.15) is 12.5 Å². The minimum absolute atomic E-state index is 0.0662. The Balaban J connectivity index is 2.01. The van der Waals surface area contributed by atoms with Gasteiger partial charge in [0.1, 0.15) is 5.75 Å². The van der Waals surface area contributed by atoms with Gasteiger partial charge in [-0.15, -0.1) is 0 Å². The molecule has 7 nitrogen and oxygen atoms in total. The molecule has 0 unspecified atom stereocenters. The molecule has 144 valence electrons. The van der Waals surface area contributed by atoms with Crippen LogP contribution in [0.4, 0.5) is 4.39 Å². The summed E-state index contributed by atoms with van der Waals surface area (Å²) in [5.41, 5.74) is 0.683. The van der Waals surface area contributed by atoms with Crippen LogP contribution in [0.2, 0.25) is 0 Å². The second-order valence-corrected chi connectivity index (χ2v) is 5.89. The number of likely N-dealkylation sites (N-methyl/N-ethyl adjacent to an activating group) is 1. The molecule has 0 bridgehead atoms. The zero-order valence-corrected chi connectivity index (χ0v) is 15.7. The highest BCUT2D eigenvalue weighted by atomic mass is 19.1. The summed E-state index contributed by atoms with van der Waals surface area (Å²) in [5.74, 6) is 0.531. The largest absolute Gasteiger partial charge is 0.453 e. The number of benzene rings is 1. The number of carbonyl (C=O) groups is 1. The Kier molecular flexibility index (Phi) is 7.54. The normalized spacial score (nSPS) is 11.0. The Labute approximate surface area is 158 Å². The summed E-state index contributed by atoms with van der Waals surface area (Å²) in [6.45, 7) is 2.96. The van der Waals surface area contributed by atoms with E-state index >= 15 is 0 Å². The number of nitrogens with one attached hydrogen (secondary N) is 2. The summed E-state index contributed by atoms with van der Waals surface area (Å²) in [6, 6.07) is 8.10. The van der Waals surface area contributed by atoms with E-state index in [4.69, 9.17) is 4.74 Å². The number of ether oxygens (including phenoxy) is 1. The van der Waals surface area contributed by atoms with Crippen LogP contribution >= 0.6 is 0 Å². The van der Waals surface area contributed by atoms with E-state index in [2.05, 4.69) is 20.6 Å². The van der Waals surface area contributed by atoms with Crippen molar-refractivity contribution in [2.24, 2.45) is 4.99 Å². The Morgan fingerprint density at radius 1 is 1.30 bits per heavy atom. The minimum Gasteiger partial charge on any atom is -0.453 e. The number of guanidine groups is 1. The van der Waals surface area contributed by atoms with Gasteiger partial charge in [0.25, 0.3) is 0 Å². The molecule has 1 aromatic heterocycles. The van der Waals surface area contributed by atoms with Crippen molar-refractivity contribution in [1.29, 1.82) is 0 Å². The lowest BCUT2D eigenvalue weighted by Crippen LogP contribution is -2.42. The molecule has 0 atom stereocenters. The van der Waals surface area contributed by atoms with Gasteiger partial charge in [-0.3, -0.25) is 9.78 Å². The average Bonchev–Trinajstić information content (AvgIpc) is 2.66. The fourth-order valence-electron chi connectivity index (χ4n) is 2.09. The van der Waals surface area contributed by atoms with Crippen molar-refractivity contribution >= 4 is 11.9 Å². The van der Waals surface area contributed by atoms with Crippen LogP contribution in [0.3, 0.4) is 0 Å². The maximum atomic E-state index is 14.3. The monoisotopic (exact) mass is 373 g/mol. The van der Waals surface area contributed by atoms with Crippen LogP contribution in [0.15, 0.2) is 47.7 Å². The van der Waals surface area contributed by atoms with Crippen molar-refractivity contribution in [3.05, 3.63) is 54.1 Å². The van der Waals surface area contributed by atoms with Gasteiger partial charge < -0.3 is 20.3 Å². The number of aromatic nitrogens is 1. The average molecular weight is 373 g/mol. The Hall–Kier alpha value is -3.16. The van der Waals surface area contributed by atoms with Gasteiger partial charge in [-0.05, 0) is 36.8 Å². The summed E-state index contributed by atoms with van der Waals surface area (Å²) >= 11 is 0. The molecule has 2 aromatic rings. The molecule has 0 saturated heterocycles. The quantitative estimate of drug-likeness (QED) is 0.574. The molecule has 1 aromatic carbocycles. The van der Waals surface area contributed by atoms with Crippen LogP contribution < -0.4 is 15.4 Å². The number of pyridine rings is 1. The van der Waals surface area contributed by atoms with Crippen molar-refractivity contribution in [1.82, 2.24) is 20.5 Å². The van der Waals surface area contributed by atoms with Crippen LogP contribution in [-0.2, 0) is 11.3 Å². The molecule has 27 heavy (non-hydrogen) atoms. The van der Waals surface area contributed by atoms with Crippen molar-refractivity contribution in [3.8, 4) is 11.5 Å². The lowest BCUT2D eigenvalue weighted by molar-refractivity contribution is -0.127. The fraction of sp³-hybridized carbons (Fsp3) is 0.316. The molecular formula is C19H24FN5O2. The number of hydrogen-bond acceptors (Lipinski definition) is 4. The SMILES string of the molecule is CCNC(=NCc1ccc(Oc2cccnc2)c(F)c1)NCC(=O)N(C)C. The summed E-state index contributed by atoms with van der Waals surface area (Å²) in [6.07, 6.45) is 3.13. The first-order valence-corrected chi connectivity index (χ1v) is 8.58. The molecule has 1 heterocycles. The van der Waals surface area contributed by atoms with Gasteiger partial charge >= 0.3 is 0 Å². The van der Waals surface area contributed by atoms with Gasteiger partial charge in [-0.25, -0.2) is 9.38 Å². The van der Waals surface area contributed by atoms with Crippen molar-refractivity contribution < 1.29 is 13.9 Å². The van der Waals surface area contributed by atoms with E-state index in [0.717, 1.165) is 0 Å². The maximum Gasteiger partial charge on any atom is 0.241 e. The molecule has 1 amide bonds. The van der Waals surface area contributed by atoms with Crippen LogP contribution in [0.5, 0.6) is 11.5 Å². The maximum absolute atomic E-state index is 14.3. The van der Waals surface area contributed by atoms with E-state index in [1.807, 2.05) is 6.92 Å². The third kappa shape index (κ3) is 6.58. The van der Waals surface area contributed by atoms with E-state index < -0.39 is 5.82 Å². The van der Waals surface area contributed by atoms with E-state index in [1.165, 1.54) is 17.2 Å². The Morgan fingerprint density at radius 3 is 2.74 bits per heavy atom. The molecule has 0 radical (unpaired) electrons. The van der Waals surface area contributed by atoms with E-state index in [0.29, 0.717) is 23.8 Å². The van der Waals surface area contributed by atoms with Crippen molar-refractivity contribution in [3.63, 3.8) is 0 Å². The molecule has 0 spiro atoms. The number of carbonyl (C=O) groups excluding carboxylic acids is 1. The summed E-state index contributed by atoms with van der Waals surface area (Å²) < 4.78 is 19.8. The molecule has 0 fully saturated rings. The van der Waals surface area contributed by atoms with Crippen molar-refractivity contribution in [2.45, 2.75) is 13.5 Å². The lowest BCUT2D eigenvalue weighted by atomic mass is 10.2. The number of rotatable bonds is 7. The zero-order valence-electron chi connectivity index (χ0n) is 15.7. The molecule has 0 aliphatic rings. The number of hydrogen-bond donors (Lipinski definition) is 2. The second-order valence-electron chi connectivity index (χ2n) is 5.89. The van der Waals surface area contributed by atoms with E-state index in [-0.39, 0.29) is 24.7 Å². The van der Waals surface area contributed by atoms with Gasteiger partial charge in [0.15, 0.2) is 17.5 Å². The van der Waals surface area contributed by atoms with Crippen LogP contribution in [0.25, 0.3) is 0 Å². The van der Waals surface area contributed by atoms with E-state index in [1.54, 1.807) is 44.6 Å². The predicted octanol–water partition coefficient (Wildman–Crippen LogP) is 2.16. The highest BCUT2D eigenvalue weighted by Crippen LogP contribution is 2.24. The number of halogens is 1. The molecule has 0 aliphatic heterocycles. The molecule has 2 N–H and O–H groups in total. The topological polar surface area (TPSA) is 78.9 Å². The summed E-state index contributed by atoms with van der Waals surface area (Å²) in [7, 11) is 3.37. The highest BCUT2D eigenvalue weighted by Gasteiger charge is 2.08. The summed E-state index contributed by atoms with van der Waals surface area (Å²) in [5, 5.41) is 6.00. The zero-order chi connectivity index (χ0) is 19.6. The fourth-order valence-corrected chi connectivity index (χ4v) is 2.09. The molecule has 8 heteroatoms. The van der Waals surface area contributed by atoms with Gasteiger partial charge in [-0.2, -0.15) is 0 Å². The van der Waals surface area contributed by atoms with E-state index in [9.17, 15) is 9.18 Å². The van der Waals surface area contributed by atoms with Gasteiger partial charge in [-0.1, -0.05) is 6.07 Å². The third-order valence-corrected chi connectivity index (χ3v) is 3.53. The first-order chi connectivity index (χ1) is 13.0. The summed E-state index contributed by atoms with van der Waals surface area (Å²) in [4.78, 5) is 21.5. The first-order valence-electron chi connectivity index (χ1n) is 8.58. The number of aliphatic imine (C=N–C) groups is 1. The molecular weight excluding hydrogens is 349 g/mol. The standard InChI is InChI=1S/C19H24FN5O2/c1-4-22-19(24-13-18(26)25(2)3)23-11-14-7-8-17(16(20)10-14)27-15-6-5-9-21-12-15/h5-10,12H,4,11,13H2,1-3H3,(H2,22,23,24). The van der Waals surface area contributed by atoms with Crippen LogP contribution in [-0.4, -0.2) is 48.9 Å². The lowest BCUT2D eigenvalue weighted by Gasteiger charge is -2.14. The Morgan fingerprint density at radius 2 is 2.11 bits per heavy atom. The third-order valence-electron chi connectivity index (χ3n) is 3.53. The van der Waals surface area contributed by atoms with Gasteiger partial charge in [0.2, 0.25) is 5.91 Å². The first kappa shape index (κ1) is 20.2. The number of nitrogens with zero attached hydrogens (tertiary/aromatic N) is 3. The van der Waals surface area contributed by atoms with Crippen LogP contribution in [0, 0.1) is 5.82 Å². The smallest absolute Gasteiger partial charge is 0.241 e. The highest BCUT2D eigenvalue weighted by molar-refractivity contribution is 5.86. The van der Waals surface area contributed by atoms with Gasteiger partial charge in [0.05, 0.1) is 19.3 Å². The minimum atomic E-state index is -0.479. The molecule has 0 saturated carbocycles. The second kappa shape index (κ2) is 10.1. The van der Waals surface area contributed by atoms with Crippen molar-refractivity contribution in [2.75, 3.05) is 27.2 Å². The predicted molar refractivity (Wildman–Crippen MR) is 102 cm³/mol.